The van der Waals surface area contributed by atoms with E-state index in [0.717, 1.165) is 55.2 Å². The van der Waals surface area contributed by atoms with Gasteiger partial charge in [-0.05, 0) is 74.9 Å². The molecule has 19 nitrogen and oxygen atoms in total. The van der Waals surface area contributed by atoms with Gasteiger partial charge in [0.15, 0.2) is 0 Å². The van der Waals surface area contributed by atoms with Crippen LogP contribution in [0.15, 0.2) is 42.9 Å². The zero-order chi connectivity index (χ0) is 51.8. The van der Waals surface area contributed by atoms with Crippen LogP contribution in [0.4, 0.5) is 23.7 Å². The van der Waals surface area contributed by atoms with Gasteiger partial charge in [-0.3, -0.25) is 29.2 Å². The number of esters is 1. The largest absolute Gasteiger partial charge is 0.464 e. The van der Waals surface area contributed by atoms with E-state index in [1.807, 2.05) is 13.0 Å². The van der Waals surface area contributed by atoms with Crippen molar-refractivity contribution >= 4 is 46.3 Å². The minimum atomic E-state index is -3.03. The lowest BCUT2D eigenvalue weighted by atomic mass is 9.84. The molecule has 3 aromatic heterocycles. The number of methoxy groups -OCH3 is 1. The number of pyridine rings is 1. The second-order valence-corrected chi connectivity index (χ2v) is 20.5. The molecule has 2 N–H and O–H groups in total. The molecule has 6 atom stereocenters. The first-order valence-electron chi connectivity index (χ1n) is 24.7. The van der Waals surface area contributed by atoms with E-state index in [0.29, 0.717) is 50.2 Å². The van der Waals surface area contributed by atoms with Crippen molar-refractivity contribution in [1.29, 1.82) is 0 Å². The van der Waals surface area contributed by atoms with Crippen LogP contribution in [0.2, 0.25) is 0 Å². The molecule has 0 saturated carbocycles. The summed E-state index contributed by atoms with van der Waals surface area (Å²) in [6.07, 6.45) is -0.353. The molecule has 4 aliphatic rings. The minimum Gasteiger partial charge on any atom is -0.464 e. The summed E-state index contributed by atoms with van der Waals surface area (Å²) in [5.41, 5.74) is 5.68. The number of cyclic esters (lactones) is 1. The van der Waals surface area contributed by atoms with E-state index in [1.165, 1.54) is 12.1 Å². The predicted octanol–water partition coefficient (Wildman–Crippen LogP) is 5.23. The number of hydrazine groups is 1. The summed E-state index contributed by atoms with van der Waals surface area (Å²) >= 11 is 0. The highest BCUT2D eigenvalue weighted by atomic mass is 19.3. The number of benzene rings is 1. The molecule has 4 aliphatic heterocycles. The molecule has 4 amide bonds. The predicted molar refractivity (Wildman–Crippen MR) is 258 cm³/mol. The lowest BCUT2D eigenvalue weighted by Gasteiger charge is -2.39. The number of rotatable bonds is 10. The summed E-state index contributed by atoms with van der Waals surface area (Å²) in [7, 11) is 2.95. The fraction of sp³-hybridized carbons (Fsp3) is 0.600. The second kappa shape index (κ2) is 21.1. The Balaban J connectivity index is 1.10. The number of carbonyl (C=O) groups excluding carboxylic acids is 5. The van der Waals surface area contributed by atoms with E-state index in [-0.39, 0.29) is 32.2 Å². The molecule has 0 aliphatic carbocycles. The Labute approximate surface area is 416 Å². The lowest BCUT2D eigenvalue weighted by molar-refractivity contribution is -0.156. The molecule has 22 heteroatoms. The average molecular weight is 1010 g/mol. The fourth-order valence-corrected chi connectivity index (χ4v) is 10.6. The number of morpholine rings is 1. The highest BCUT2D eigenvalue weighted by Gasteiger charge is 2.51. The number of hydrogen-bond acceptors (Lipinski definition) is 13. The summed E-state index contributed by atoms with van der Waals surface area (Å²) in [5.74, 6) is -4.33. The van der Waals surface area contributed by atoms with Gasteiger partial charge in [0, 0.05) is 93.5 Å². The van der Waals surface area contributed by atoms with Crippen molar-refractivity contribution in [3.63, 3.8) is 0 Å². The van der Waals surface area contributed by atoms with E-state index in [9.17, 15) is 32.8 Å². The number of aromatic nitrogens is 5. The number of ether oxygens (including phenoxy) is 3. The summed E-state index contributed by atoms with van der Waals surface area (Å²) in [6, 6.07) is 6.05. The minimum absolute atomic E-state index is 0.00995. The third kappa shape index (κ3) is 10.5. The summed E-state index contributed by atoms with van der Waals surface area (Å²) in [4.78, 5) is 82.9. The van der Waals surface area contributed by atoms with E-state index in [2.05, 4.69) is 75.3 Å². The number of fused-ring (bicyclic) bond motifs is 6. The number of nitrogens with one attached hydrogen (secondary N) is 2. The van der Waals surface area contributed by atoms with Gasteiger partial charge in [-0.2, -0.15) is 4.68 Å². The maximum atomic E-state index is 16.7. The van der Waals surface area contributed by atoms with Crippen LogP contribution in [-0.2, 0) is 46.4 Å². The molecule has 6 bridgehead atoms. The van der Waals surface area contributed by atoms with E-state index in [4.69, 9.17) is 19.2 Å². The molecule has 0 spiro atoms. The molecule has 390 valence electrons. The van der Waals surface area contributed by atoms with Crippen LogP contribution in [0.5, 0.6) is 0 Å². The SMILES string of the molecule is CCn1c(-c2cccnc2[C@H](C)OC)c2c3cc(ccc31)N1CCO[C@@H](C[C@H](NC(=O)[C@H](C(C)C)N(C)C(=O)C3(F)CCN(C(=O)n4cnc(C(F)F)n4)C3)C(=O)N3CCC[C@H](N3)C(=O)OCC(C)(C)C2)C1. The first kappa shape index (κ1) is 52.2. The number of carbonyl (C=O) groups is 5. The molecule has 1 aromatic carbocycles. The first-order valence-corrected chi connectivity index (χ1v) is 24.7. The molecule has 72 heavy (non-hydrogen) atoms. The number of aryl methyl sites for hydroxylation is 1. The molecule has 0 radical (unpaired) electrons. The average Bonchev–Trinajstić information content (AvgIpc) is 4.11. The number of hydrogen-bond donors (Lipinski definition) is 2. The maximum absolute atomic E-state index is 16.7. The zero-order valence-corrected chi connectivity index (χ0v) is 42.2. The molecule has 7 heterocycles. The standard InChI is InChI=1S/C50H66F3N11O8/c1-9-62-38-15-14-31-22-34(38)35(41(62)33-12-10-17-54-39(33)30(4)70-8)24-49(5,6)27-72-46(67)36-13-11-18-63(57-36)45(66)37(23-32-25-60(31)20-21-71-32)56-44(65)40(29(2)3)59(7)47(68)50(53)16-19-61(26-50)48(69)64-28-55-43(58-64)42(51)52/h10,12,14-15,17,22,28-30,32,36-37,40,42,57H,9,11,13,16,18-21,23-27H2,1-8H3,(H,56,65)/t30-,32-,36-,37-,40-,50?/m0/s1. The van der Waals surface area contributed by atoms with Crippen LogP contribution in [-0.4, -0.2) is 159 Å². The second-order valence-electron chi connectivity index (χ2n) is 20.5. The molecular formula is C50H66F3N11O8. The van der Waals surface area contributed by atoms with E-state index >= 15 is 4.39 Å². The number of anilines is 1. The van der Waals surface area contributed by atoms with Gasteiger partial charge in [0.2, 0.25) is 17.4 Å². The van der Waals surface area contributed by atoms with Crippen molar-refractivity contribution in [1.82, 2.24) is 49.9 Å². The van der Waals surface area contributed by atoms with Crippen LogP contribution in [0.1, 0.15) is 96.8 Å². The van der Waals surface area contributed by atoms with Gasteiger partial charge >= 0.3 is 12.0 Å². The van der Waals surface area contributed by atoms with Gasteiger partial charge < -0.3 is 38.8 Å². The number of nitrogens with zero attached hydrogens (tertiary/aromatic N) is 9. The Bertz CT molecular complexity index is 2680. The highest BCUT2D eigenvalue weighted by Crippen LogP contribution is 2.42. The van der Waals surface area contributed by atoms with Crippen LogP contribution in [0.25, 0.3) is 22.2 Å². The molecular weight excluding hydrogens is 940 g/mol. The Morgan fingerprint density at radius 2 is 1.86 bits per heavy atom. The van der Waals surface area contributed by atoms with Crippen LogP contribution >= 0.6 is 0 Å². The van der Waals surface area contributed by atoms with Gasteiger partial charge in [0.25, 0.3) is 18.2 Å². The molecule has 4 aromatic rings. The Kier molecular flexibility index (Phi) is 15.3. The summed E-state index contributed by atoms with van der Waals surface area (Å²) in [5, 5.41) is 8.74. The number of likely N-dealkylation sites (N-methyl/N-ethyl adjacent to an activating group) is 1. The van der Waals surface area contributed by atoms with Crippen LogP contribution in [0.3, 0.4) is 0 Å². The normalized spacial score (nSPS) is 23.8. The van der Waals surface area contributed by atoms with Gasteiger partial charge in [-0.25, -0.2) is 28.4 Å². The molecule has 1 unspecified atom stereocenters. The van der Waals surface area contributed by atoms with E-state index < -0.39 is 96.2 Å². The molecule has 3 fully saturated rings. The van der Waals surface area contributed by atoms with Gasteiger partial charge in [-0.1, -0.05) is 27.7 Å². The topological polar surface area (TPSA) is 199 Å². The smallest absolute Gasteiger partial charge is 0.346 e. The van der Waals surface area contributed by atoms with Gasteiger partial charge in [0.05, 0.1) is 43.4 Å². The van der Waals surface area contributed by atoms with E-state index in [1.54, 1.807) is 27.2 Å². The first-order chi connectivity index (χ1) is 34.2. The Hall–Kier alpha value is -6.13. The molecule has 8 rings (SSSR count). The number of halogens is 3. The number of alkyl halides is 3. The van der Waals surface area contributed by atoms with Crippen molar-refractivity contribution in [3.8, 4) is 11.3 Å². The Morgan fingerprint density at radius 3 is 2.57 bits per heavy atom. The quantitative estimate of drug-likeness (QED) is 0.196. The van der Waals surface area contributed by atoms with Crippen LogP contribution < -0.4 is 15.6 Å². The summed E-state index contributed by atoms with van der Waals surface area (Å²) in [6.45, 7) is 12.8. The molecule has 3 saturated heterocycles. The number of likely N-dealkylation sites (tertiary alicyclic amines) is 1. The van der Waals surface area contributed by atoms with Crippen LogP contribution in [0, 0.1) is 11.3 Å². The monoisotopic (exact) mass is 1010 g/mol. The maximum Gasteiger partial charge on any atom is 0.346 e. The fourth-order valence-electron chi connectivity index (χ4n) is 10.6. The third-order valence-electron chi connectivity index (χ3n) is 14.3. The Morgan fingerprint density at radius 1 is 1.08 bits per heavy atom. The third-order valence-corrected chi connectivity index (χ3v) is 14.3. The lowest BCUT2D eigenvalue weighted by Crippen LogP contribution is -2.63. The number of amides is 4. The summed E-state index contributed by atoms with van der Waals surface area (Å²) < 4.78 is 64.1. The van der Waals surface area contributed by atoms with Crippen molar-refractivity contribution in [2.24, 2.45) is 11.3 Å². The van der Waals surface area contributed by atoms with Gasteiger partial charge in [-0.15, -0.1) is 5.10 Å². The highest BCUT2D eigenvalue weighted by molar-refractivity contribution is 5.96. The van der Waals surface area contributed by atoms with Gasteiger partial charge in [0.1, 0.15) is 24.5 Å². The van der Waals surface area contributed by atoms with Crippen molar-refractivity contribution in [2.45, 2.75) is 123 Å². The zero-order valence-electron chi connectivity index (χ0n) is 42.2. The van der Waals surface area contributed by atoms with Crippen molar-refractivity contribution in [3.05, 3.63) is 59.9 Å². The van der Waals surface area contributed by atoms with Crippen molar-refractivity contribution < 1.29 is 51.4 Å². The van der Waals surface area contributed by atoms with Crippen molar-refractivity contribution in [2.75, 3.05) is 65.0 Å².